The number of likely N-dealkylation sites (N-methyl/N-ethyl adjacent to an activating group) is 1. The molecule has 1 aliphatic rings. The molecule has 0 saturated carbocycles. The lowest BCUT2D eigenvalue weighted by molar-refractivity contribution is -0.123. The fraction of sp³-hybridized carbons (Fsp3) is 0.381. The van der Waals surface area contributed by atoms with E-state index in [4.69, 9.17) is 5.73 Å². The second-order valence-electron chi connectivity index (χ2n) is 7.11. The van der Waals surface area contributed by atoms with Crippen molar-refractivity contribution >= 4 is 48.8 Å². The number of amides is 1. The highest BCUT2D eigenvalue weighted by Gasteiger charge is 2.23. The summed E-state index contributed by atoms with van der Waals surface area (Å²) in [6, 6.07) is 12.9. The first-order chi connectivity index (χ1) is 13.0. The fourth-order valence-corrected chi connectivity index (χ4v) is 3.40. The quantitative estimate of drug-likeness (QED) is 0.686. The van der Waals surface area contributed by atoms with Gasteiger partial charge in [-0.1, -0.05) is 30.3 Å². The minimum atomic E-state index is -0.755. The molecule has 3 N–H and O–H groups in total. The summed E-state index contributed by atoms with van der Waals surface area (Å²) in [5.74, 6) is -0.585. The van der Waals surface area contributed by atoms with E-state index in [9.17, 15) is 9.18 Å². The summed E-state index contributed by atoms with van der Waals surface area (Å²) < 4.78 is 13.9. The average Bonchev–Trinajstić information content (AvgIpc) is 2.68. The minimum Gasteiger partial charge on any atom is -0.369 e. The number of nitrogens with one attached hydrogen (secondary N) is 1. The molecule has 1 saturated heterocycles. The summed E-state index contributed by atoms with van der Waals surface area (Å²) in [4.78, 5) is 17.1. The van der Waals surface area contributed by atoms with E-state index in [-0.39, 0.29) is 55.0 Å². The number of carbonyl (C=O) groups is 1. The number of piperazine rings is 1. The zero-order valence-electron chi connectivity index (χ0n) is 17.1. The van der Waals surface area contributed by atoms with Crippen LogP contribution in [0.25, 0.3) is 0 Å². The van der Waals surface area contributed by atoms with Crippen LogP contribution in [0.2, 0.25) is 0 Å². The van der Waals surface area contributed by atoms with Crippen molar-refractivity contribution in [1.29, 1.82) is 0 Å². The predicted octanol–water partition coefficient (Wildman–Crippen LogP) is 3.72. The minimum absolute atomic E-state index is 0. The van der Waals surface area contributed by atoms with Crippen LogP contribution in [-0.4, -0.2) is 44.0 Å². The third-order valence-corrected chi connectivity index (χ3v) is 5.10. The van der Waals surface area contributed by atoms with Gasteiger partial charge in [-0.05, 0) is 37.7 Å². The van der Waals surface area contributed by atoms with Crippen LogP contribution >= 0.6 is 37.2 Å². The number of hydrogen-bond acceptors (Lipinski definition) is 4. The molecule has 3 rings (SSSR count). The summed E-state index contributed by atoms with van der Waals surface area (Å²) >= 11 is 0. The second-order valence-corrected chi connectivity index (χ2v) is 7.11. The van der Waals surface area contributed by atoms with Gasteiger partial charge in [0.05, 0.1) is 6.04 Å². The van der Waals surface area contributed by atoms with Gasteiger partial charge in [0, 0.05) is 37.4 Å². The molecule has 0 bridgehead atoms. The van der Waals surface area contributed by atoms with Crippen LogP contribution in [-0.2, 0) is 4.79 Å². The van der Waals surface area contributed by atoms with Gasteiger partial charge in [0.25, 0.3) is 0 Å². The highest BCUT2D eigenvalue weighted by atomic mass is 35.5. The molecule has 0 aliphatic carbocycles. The van der Waals surface area contributed by atoms with E-state index in [2.05, 4.69) is 22.2 Å². The van der Waals surface area contributed by atoms with Gasteiger partial charge in [-0.25, -0.2) is 4.39 Å². The molecule has 2 aromatic rings. The first-order valence-corrected chi connectivity index (χ1v) is 9.29. The van der Waals surface area contributed by atoms with E-state index in [0.29, 0.717) is 0 Å². The molecule has 2 unspecified atom stereocenters. The van der Waals surface area contributed by atoms with Crippen molar-refractivity contribution < 1.29 is 9.18 Å². The molecule has 168 valence electrons. The molecule has 1 fully saturated rings. The largest absolute Gasteiger partial charge is 0.369 e. The Balaban J connectivity index is 0.00000280. The number of hydrogen-bond donors (Lipinski definition) is 2. The van der Waals surface area contributed by atoms with Crippen LogP contribution in [0.5, 0.6) is 0 Å². The molecule has 5 nitrogen and oxygen atoms in total. The molecular formula is C21H30Cl3FN4O. The van der Waals surface area contributed by atoms with Crippen LogP contribution in [0, 0.1) is 5.82 Å². The molecule has 0 spiro atoms. The Labute approximate surface area is 196 Å². The predicted molar refractivity (Wildman–Crippen MR) is 128 cm³/mol. The van der Waals surface area contributed by atoms with Gasteiger partial charge in [-0.3, -0.25) is 4.79 Å². The molecule has 1 amide bonds. The van der Waals surface area contributed by atoms with Crippen molar-refractivity contribution in [2.75, 3.05) is 38.1 Å². The van der Waals surface area contributed by atoms with Crippen LogP contribution in [0.1, 0.15) is 30.1 Å². The van der Waals surface area contributed by atoms with Crippen molar-refractivity contribution in [3.63, 3.8) is 0 Å². The molecule has 30 heavy (non-hydrogen) atoms. The SMILES string of the molecule is CC(NC(=O)C(N)c1ccccc1)c1cc(F)ccc1N1CCN(C)CC1.Cl.Cl.Cl. The monoisotopic (exact) mass is 478 g/mol. The number of anilines is 1. The van der Waals surface area contributed by atoms with E-state index in [1.54, 1.807) is 6.07 Å². The normalized spacial score (nSPS) is 15.7. The van der Waals surface area contributed by atoms with E-state index in [1.165, 1.54) is 12.1 Å². The zero-order chi connectivity index (χ0) is 19.4. The molecule has 2 atom stereocenters. The van der Waals surface area contributed by atoms with E-state index >= 15 is 0 Å². The third kappa shape index (κ3) is 7.00. The van der Waals surface area contributed by atoms with Gasteiger partial charge in [0.15, 0.2) is 0 Å². The first-order valence-electron chi connectivity index (χ1n) is 9.29. The van der Waals surface area contributed by atoms with Crippen molar-refractivity contribution in [3.05, 3.63) is 65.5 Å². The highest BCUT2D eigenvalue weighted by molar-refractivity contribution is 5.86. The number of nitrogens with zero attached hydrogens (tertiary/aromatic N) is 2. The van der Waals surface area contributed by atoms with Gasteiger partial charge >= 0.3 is 0 Å². The Morgan fingerprint density at radius 2 is 1.63 bits per heavy atom. The Morgan fingerprint density at radius 3 is 2.23 bits per heavy atom. The zero-order valence-corrected chi connectivity index (χ0v) is 19.5. The maximum absolute atomic E-state index is 13.9. The lowest BCUT2D eigenvalue weighted by Gasteiger charge is -2.36. The van der Waals surface area contributed by atoms with Crippen LogP contribution in [0.4, 0.5) is 10.1 Å². The van der Waals surface area contributed by atoms with Gasteiger partial charge in [-0.15, -0.1) is 37.2 Å². The summed E-state index contributed by atoms with van der Waals surface area (Å²) in [6.45, 7) is 5.52. The Kier molecular flexibility index (Phi) is 12.3. The van der Waals surface area contributed by atoms with E-state index < -0.39 is 6.04 Å². The van der Waals surface area contributed by atoms with Crippen LogP contribution in [0.3, 0.4) is 0 Å². The highest BCUT2D eigenvalue weighted by Crippen LogP contribution is 2.28. The van der Waals surface area contributed by atoms with E-state index in [0.717, 1.165) is 43.0 Å². The summed E-state index contributed by atoms with van der Waals surface area (Å²) in [5, 5.41) is 2.94. The summed E-state index contributed by atoms with van der Waals surface area (Å²) in [7, 11) is 2.09. The number of benzene rings is 2. The Hall–Kier alpha value is -1.57. The Bertz CT molecular complexity index is 789. The topological polar surface area (TPSA) is 61.6 Å². The molecule has 1 heterocycles. The van der Waals surface area contributed by atoms with Gasteiger partial charge < -0.3 is 20.9 Å². The standard InChI is InChI=1S/C21H27FN4O.3ClH/c1-15(24-21(27)20(23)16-6-4-3-5-7-16)18-14-17(22)8-9-19(18)26-12-10-25(2)11-13-26;;;/h3-9,14-15,20H,10-13,23H2,1-2H3,(H,24,27);3*1H. The molecule has 1 aliphatic heterocycles. The number of nitrogens with two attached hydrogens (primary N) is 1. The van der Waals surface area contributed by atoms with Crippen LogP contribution < -0.4 is 16.0 Å². The smallest absolute Gasteiger partial charge is 0.241 e. The maximum atomic E-state index is 13.9. The average molecular weight is 480 g/mol. The summed E-state index contributed by atoms with van der Waals surface area (Å²) in [5.41, 5.74) is 8.57. The molecule has 0 radical (unpaired) electrons. The number of carbonyl (C=O) groups excluding carboxylic acids is 1. The van der Waals surface area contributed by atoms with Crippen molar-refractivity contribution in [3.8, 4) is 0 Å². The first kappa shape index (κ1) is 28.4. The summed E-state index contributed by atoms with van der Waals surface area (Å²) in [6.07, 6.45) is 0. The maximum Gasteiger partial charge on any atom is 0.241 e. The lowest BCUT2D eigenvalue weighted by atomic mass is 10.0. The van der Waals surface area contributed by atoms with Crippen molar-refractivity contribution in [2.24, 2.45) is 5.73 Å². The van der Waals surface area contributed by atoms with Crippen LogP contribution in [0.15, 0.2) is 48.5 Å². The van der Waals surface area contributed by atoms with Crippen molar-refractivity contribution in [1.82, 2.24) is 10.2 Å². The van der Waals surface area contributed by atoms with E-state index in [1.807, 2.05) is 37.3 Å². The van der Waals surface area contributed by atoms with Gasteiger partial charge in [-0.2, -0.15) is 0 Å². The lowest BCUT2D eigenvalue weighted by Crippen LogP contribution is -2.45. The molecule has 9 heteroatoms. The molecule has 2 aromatic carbocycles. The molecular weight excluding hydrogens is 450 g/mol. The second kappa shape index (κ2) is 13.0. The van der Waals surface area contributed by atoms with Gasteiger partial charge in [0.2, 0.25) is 5.91 Å². The third-order valence-electron chi connectivity index (χ3n) is 5.10. The fourth-order valence-electron chi connectivity index (χ4n) is 3.40. The van der Waals surface area contributed by atoms with Crippen molar-refractivity contribution in [2.45, 2.75) is 19.0 Å². The van der Waals surface area contributed by atoms with Gasteiger partial charge in [0.1, 0.15) is 11.9 Å². The molecule has 0 aromatic heterocycles. The number of halogens is 4. The number of rotatable bonds is 5. The Morgan fingerprint density at radius 1 is 1.03 bits per heavy atom.